The van der Waals surface area contributed by atoms with Crippen molar-refractivity contribution in [3.05, 3.63) is 28.8 Å². The molecular weight excluding hydrogens is 288 g/mol. The summed E-state index contributed by atoms with van der Waals surface area (Å²) in [6, 6.07) is 5.58. The number of likely N-dealkylation sites (tertiary alicyclic amines) is 1. The van der Waals surface area contributed by atoms with E-state index in [0.717, 1.165) is 25.9 Å². The largest absolute Gasteiger partial charge is 0.490 e. The van der Waals surface area contributed by atoms with E-state index in [1.54, 1.807) is 18.2 Å². The molecule has 1 fully saturated rings. The Morgan fingerprint density at radius 2 is 2.24 bits per heavy atom. The molecule has 21 heavy (non-hydrogen) atoms. The Balaban J connectivity index is 2.23. The van der Waals surface area contributed by atoms with E-state index >= 15 is 0 Å². The topological polar surface area (TPSA) is 41.6 Å². The summed E-state index contributed by atoms with van der Waals surface area (Å²) in [5.74, 6) is 0.596. The zero-order chi connectivity index (χ0) is 15.4. The van der Waals surface area contributed by atoms with Crippen LogP contribution < -0.4 is 10.1 Å². The third-order valence-corrected chi connectivity index (χ3v) is 3.89. The van der Waals surface area contributed by atoms with E-state index < -0.39 is 0 Å². The molecule has 1 aliphatic heterocycles. The molecule has 0 spiro atoms. The number of hydrogen-bond donors (Lipinski definition) is 1. The van der Waals surface area contributed by atoms with Crippen molar-refractivity contribution < 1.29 is 9.53 Å². The van der Waals surface area contributed by atoms with Crippen molar-refractivity contribution in [1.29, 1.82) is 0 Å². The fourth-order valence-corrected chi connectivity index (χ4v) is 2.77. The molecule has 1 amide bonds. The van der Waals surface area contributed by atoms with E-state index in [1.165, 1.54) is 0 Å². The highest BCUT2D eigenvalue weighted by Gasteiger charge is 2.26. The van der Waals surface area contributed by atoms with Crippen molar-refractivity contribution in [2.75, 3.05) is 20.1 Å². The number of likely N-dealkylation sites (N-methyl/N-ethyl adjacent to an activating group) is 1. The maximum absolute atomic E-state index is 12.8. The summed E-state index contributed by atoms with van der Waals surface area (Å²) in [5, 5.41) is 3.80. The number of carbonyl (C=O) groups excluding carboxylic acids is 1. The number of nitrogens with one attached hydrogen (secondary N) is 1. The van der Waals surface area contributed by atoms with Gasteiger partial charge in [0.15, 0.2) is 0 Å². The van der Waals surface area contributed by atoms with Crippen molar-refractivity contribution in [1.82, 2.24) is 10.2 Å². The van der Waals surface area contributed by atoms with Crippen LogP contribution in [0.5, 0.6) is 5.75 Å². The zero-order valence-corrected chi connectivity index (χ0v) is 13.6. The van der Waals surface area contributed by atoms with Gasteiger partial charge in [0.25, 0.3) is 5.91 Å². The minimum absolute atomic E-state index is 0.00639. The van der Waals surface area contributed by atoms with Crippen molar-refractivity contribution in [3.8, 4) is 5.75 Å². The van der Waals surface area contributed by atoms with Crippen LogP contribution in [0.25, 0.3) is 0 Å². The second-order valence-corrected chi connectivity index (χ2v) is 6.12. The van der Waals surface area contributed by atoms with Gasteiger partial charge in [0.05, 0.1) is 11.7 Å². The lowest BCUT2D eigenvalue weighted by molar-refractivity contribution is 0.0692. The number of benzene rings is 1. The molecule has 0 saturated carbocycles. The molecule has 0 bridgehead atoms. The molecule has 116 valence electrons. The Kier molecular flexibility index (Phi) is 5.48. The molecule has 2 rings (SSSR count). The fourth-order valence-electron chi connectivity index (χ4n) is 2.59. The fraction of sp³-hybridized carbons (Fsp3) is 0.562. The number of piperidine rings is 1. The smallest absolute Gasteiger partial charge is 0.257 e. The van der Waals surface area contributed by atoms with E-state index in [0.29, 0.717) is 22.4 Å². The Morgan fingerprint density at radius 3 is 2.90 bits per heavy atom. The maximum atomic E-state index is 12.8. The van der Waals surface area contributed by atoms with Gasteiger partial charge < -0.3 is 15.0 Å². The van der Waals surface area contributed by atoms with Gasteiger partial charge in [-0.25, -0.2) is 0 Å². The molecule has 1 atom stereocenters. The molecular formula is C16H23ClN2O2. The first-order valence-corrected chi connectivity index (χ1v) is 7.81. The second-order valence-electron chi connectivity index (χ2n) is 5.69. The highest BCUT2D eigenvalue weighted by Crippen LogP contribution is 2.26. The first-order chi connectivity index (χ1) is 10.0. The van der Waals surface area contributed by atoms with Crippen molar-refractivity contribution >= 4 is 17.5 Å². The Hall–Kier alpha value is -1.26. The Morgan fingerprint density at radius 1 is 1.48 bits per heavy atom. The van der Waals surface area contributed by atoms with Crippen LogP contribution in [0.4, 0.5) is 0 Å². The molecule has 0 aliphatic carbocycles. The molecule has 1 aliphatic rings. The van der Waals surface area contributed by atoms with E-state index in [9.17, 15) is 4.79 Å². The lowest BCUT2D eigenvalue weighted by Crippen LogP contribution is -2.47. The lowest BCUT2D eigenvalue weighted by atomic mass is 10.0. The van der Waals surface area contributed by atoms with Gasteiger partial charge in [-0.1, -0.05) is 11.6 Å². The molecule has 1 heterocycles. The summed E-state index contributed by atoms with van der Waals surface area (Å²) < 4.78 is 5.74. The molecule has 1 aromatic rings. The number of nitrogens with zero attached hydrogens (tertiary/aromatic N) is 1. The van der Waals surface area contributed by atoms with Crippen LogP contribution in [0.15, 0.2) is 18.2 Å². The van der Waals surface area contributed by atoms with Crippen LogP contribution >= 0.6 is 11.6 Å². The zero-order valence-electron chi connectivity index (χ0n) is 12.9. The Labute approximate surface area is 131 Å². The summed E-state index contributed by atoms with van der Waals surface area (Å²) in [7, 11) is 1.94. The van der Waals surface area contributed by atoms with E-state index in [-0.39, 0.29) is 12.0 Å². The second kappa shape index (κ2) is 7.14. The summed E-state index contributed by atoms with van der Waals surface area (Å²) in [5.41, 5.74) is 0.549. The van der Waals surface area contributed by atoms with Crippen molar-refractivity contribution in [2.24, 2.45) is 0 Å². The average Bonchev–Trinajstić information content (AvgIpc) is 2.48. The molecule has 1 aromatic carbocycles. The van der Waals surface area contributed by atoms with E-state index in [4.69, 9.17) is 16.3 Å². The van der Waals surface area contributed by atoms with E-state index in [1.807, 2.05) is 25.8 Å². The van der Waals surface area contributed by atoms with Gasteiger partial charge in [0.1, 0.15) is 5.75 Å². The molecule has 1 saturated heterocycles. The summed E-state index contributed by atoms with van der Waals surface area (Å²) in [4.78, 5) is 14.7. The molecule has 0 radical (unpaired) electrons. The molecule has 0 aromatic heterocycles. The van der Waals surface area contributed by atoms with Gasteiger partial charge in [0.2, 0.25) is 0 Å². The summed E-state index contributed by atoms with van der Waals surface area (Å²) in [6.07, 6.45) is 2.13. The van der Waals surface area contributed by atoms with Crippen LogP contribution in [0.2, 0.25) is 5.02 Å². The minimum Gasteiger partial charge on any atom is -0.490 e. The van der Waals surface area contributed by atoms with Crippen LogP contribution in [0.3, 0.4) is 0 Å². The monoisotopic (exact) mass is 310 g/mol. The lowest BCUT2D eigenvalue weighted by Gasteiger charge is -2.33. The van der Waals surface area contributed by atoms with E-state index in [2.05, 4.69) is 5.32 Å². The van der Waals surface area contributed by atoms with Gasteiger partial charge in [-0.15, -0.1) is 0 Å². The van der Waals surface area contributed by atoms with Crippen LogP contribution in [0.1, 0.15) is 37.0 Å². The first kappa shape index (κ1) is 16.1. The third kappa shape index (κ3) is 4.11. The summed E-state index contributed by atoms with van der Waals surface area (Å²) in [6.45, 7) is 5.40. The molecule has 4 nitrogen and oxygen atoms in total. The maximum Gasteiger partial charge on any atom is 0.257 e. The summed E-state index contributed by atoms with van der Waals surface area (Å²) >= 11 is 6.05. The SMILES string of the molecule is CN[C@@H]1CCCN(C(=O)c2cc(Cl)ccc2OC(C)C)C1. The number of hydrogen-bond acceptors (Lipinski definition) is 3. The van der Waals surface area contributed by atoms with Crippen molar-refractivity contribution in [2.45, 2.75) is 38.8 Å². The number of ether oxygens (including phenoxy) is 1. The molecule has 1 N–H and O–H groups in total. The number of halogens is 1. The minimum atomic E-state index is -0.00639. The number of carbonyl (C=O) groups is 1. The van der Waals surface area contributed by atoms with Crippen molar-refractivity contribution in [3.63, 3.8) is 0 Å². The predicted octanol–water partition coefficient (Wildman–Crippen LogP) is 2.95. The van der Waals surface area contributed by atoms with Gasteiger partial charge in [-0.05, 0) is 51.9 Å². The third-order valence-electron chi connectivity index (χ3n) is 3.65. The average molecular weight is 311 g/mol. The quantitative estimate of drug-likeness (QED) is 0.929. The highest BCUT2D eigenvalue weighted by atomic mass is 35.5. The van der Waals surface area contributed by atoms with Gasteiger partial charge in [-0.3, -0.25) is 4.79 Å². The van der Waals surface area contributed by atoms with Gasteiger partial charge >= 0.3 is 0 Å². The van der Waals surface area contributed by atoms with Gasteiger partial charge in [0, 0.05) is 24.2 Å². The Bertz CT molecular complexity index is 505. The number of rotatable bonds is 4. The molecule has 0 unspecified atom stereocenters. The normalized spacial score (nSPS) is 18.9. The van der Waals surface area contributed by atoms with Gasteiger partial charge in [-0.2, -0.15) is 0 Å². The predicted molar refractivity (Wildman–Crippen MR) is 85.2 cm³/mol. The highest BCUT2D eigenvalue weighted by molar-refractivity contribution is 6.31. The van der Waals surface area contributed by atoms with Crippen LogP contribution in [-0.2, 0) is 0 Å². The number of amides is 1. The first-order valence-electron chi connectivity index (χ1n) is 7.44. The van der Waals surface area contributed by atoms with Crippen LogP contribution in [-0.4, -0.2) is 43.1 Å². The van der Waals surface area contributed by atoms with Crippen LogP contribution in [0, 0.1) is 0 Å². The standard InChI is InChI=1S/C16H23ClN2O2/c1-11(2)21-15-7-6-12(17)9-14(15)16(20)19-8-4-5-13(10-19)18-3/h6-7,9,11,13,18H,4-5,8,10H2,1-3H3/t13-/m1/s1. The molecule has 5 heteroatoms.